The normalized spacial score (nSPS) is 32.3. The molecule has 4 saturated carbocycles. The van der Waals surface area contributed by atoms with Gasteiger partial charge < -0.3 is 30.6 Å². The van der Waals surface area contributed by atoms with Crippen molar-refractivity contribution in [2.75, 3.05) is 18.4 Å². The maximum Gasteiger partial charge on any atom is 0.316 e. The van der Waals surface area contributed by atoms with Gasteiger partial charge in [0.2, 0.25) is 5.82 Å². The first-order valence-electron chi connectivity index (χ1n) is 12.8. The SMILES string of the molecule is O=C(NC1CCNCC1)c1nc(-c2cnc3[nH]ccc3c2NC23CC4C[C@H](C2)C(O)[C@@H](C4)C3)no1. The fraction of sp³-hybridized carbons (Fsp3) is 0.600. The Morgan fingerprint density at radius 2 is 1.97 bits per heavy atom. The second-order valence-electron chi connectivity index (χ2n) is 11.1. The van der Waals surface area contributed by atoms with Crippen molar-refractivity contribution in [1.29, 1.82) is 0 Å². The van der Waals surface area contributed by atoms with Crippen LogP contribution in [0.1, 0.15) is 55.6 Å². The number of aliphatic hydroxyl groups is 1. The Balaban J connectivity index is 1.21. The Labute approximate surface area is 202 Å². The molecular weight excluding hydrogens is 446 g/mol. The topological polar surface area (TPSA) is 141 Å². The number of rotatable bonds is 5. The molecule has 5 N–H and O–H groups in total. The van der Waals surface area contributed by atoms with Crippen LogP contribution >= 0.6 is 0 Å². The molecule has 1 saturated heterocycles. The maximum atomic E-state index is 12.8. The third kappa shape index (κ3) is 3.61. The number of amides is 1. The van der Waals surface area contributed by atoms with Gasteiger partial charge in [-0.05, 0) is 81.9 Å². The fourth-order valence-corrected chi connectivity index (χ4v) is 7.37. The number of hydrogen-bond acceptors (Lipinski definition) is 8. The van der Waals surface area contributed by atoms with E-state index in [9.17, 15) is 9.90 Å². The lowest BCUT2D eigenvalue weighted by Gasteiger charge is -2.59. The number of aromatic amines is 1. The number of nitrogens with one attached hydrogen (secondary N) is 4. The van der Waals surface area contributed by atoms with Crippen LogP contribution in [0.4, 0.5) is 5.69 Å². The molecule has 5 fully saturated rings. The molecule has 3 unspecified atom stereocenters. The number of aliphatic hydroxyl groups excluding tert-OH is 1. The first-order valence-corrected chi connectivity index (χ1v) is 12.8. The largest absolute Gasteiger partial charge is 0.393 e. The van der Waals surface area contributed by atoms with Gasteiger partial charge in [0.15, 0.2) is 0 Å². The molecule has 35 heavy (non-hydrogen) atoms. The first-order chi connectivity index (χ1) is 17.1. The van der Waals surface area contributed by atoms with Gasteiger partial charge in [0.25, 0.3) is 0 Å². The molecule has 10 nitrogen and oxygen atoms in total. The zero-order valence-corrected chi connectivity index (χ0v) is 19.6. The molecule has 184 valence electrons. The van der Waals surface area contributed by atoms with Gasteiger partial charge in [0.1, 0.15) is 5.65 Å². The van der Waals surface area contributed by atoms with E-state index in [4.69, 9.17) is 4.52 Å². The van der Waals surface area contributed by atoms with E-state index in [0.717, 1.165) is 80.3 Å². The second-order valence-corrected chi connectivity index (χ2v) is 11.1. The molecule has 1 amide bonds. The van der Waals surface area contributed by atoms with Gasteiger partial charge in [-0.3, -0.25) is 4.79 Å². The summed E-state index contributed by atoms with van der Waals surface area (Å²) in [6.07, 6.45) is 10.5. The quantitative estimate of drug-likeness (QED) is 0.377. The zero-order valence-electron chi connectivity index (χ0n) is 19.6. The monoisotopic (exact) mass is 477 g/mol. The van der Waals surface area contributed by atoms with Gasteiger partial charge in [-0.15, -0.1) is 0 Å². The van der Waals surface area contributed by atoms with Crippen molar-refractivity contribution in [2.24, 2.45) is 17.8 Å². The van der Waals surface area contributed by atoms with E-state index < -0.39 is 0 Å². The standard InChI is InChI=1S/C25H31N7O3/c33-20-14-7-13-8-15(20)11-25(9-13,10-14)31-19-17-3-6-27-21(17)28-12-18(19)22-30-24(35-32-22)23(34)29-16-1-4-26-5-2-16/h3,6,12-16,20,26,33H,1-2,4-5,7-11H2,(H,29,34)(H2,27,28,31)/t13?,14-,15+,20?,25?. The van der Waals surface area contributed by atoms with Crippen LogP contribution < -0.4 is 16.0 Å². The predicted octanol–water partition coefficient (Wildman–Crippen LogP) is 2.45. The summed E-state index contributed by atoms with van der Waals surface area (Å²) < 4.78 is 5.39. The van der Waals surface area contributed by atoms with Crippen molar-refractivity contribution in [3.63, 3.8) is 0 Å². The van der Waals surface area contributed by atoms with Crippen molar-refractivity contribution >= 4 is 22.6 Å². The molecule has 4 bridgehead atoms. The van der Waals surface area contributed by atoms with Crippen molar-refractivity contribution in [3.8, 4) is 11.4 Å². The van der Waals surface area contributed by atoms with E-state index in [0.29, 0.717) is 23.6 Å². The number of carbonyl (C=O) groups is 1. The van der Waals surface area contributed by atoms with Gasteiger partial charge >= 0.3 is 11.8 Å². The summed E-state index contributed by atoms with van der Waals surface area (Å²) >= 11 is 0. The number of piperidine rings is 1. The number of carbonyl (C=O) groups excluding carboxylic acids is 1. The number of hydrogen-bond donors (Lipinski definition) is 5. The Morgan fingerprint density at radius 1 is 1.17 bits per heavy atom. The number of aromatic nitrogens is 4. The van der Waals surface area contributed by atoms with E-state index >= 15 is 0 Å². The molecule has 5 aliphatic rings. The number of nitrogens with zero attached hydrogens (tertiary/aromatic N) is 3. The minimum absolute atomic E-state index is 0.0309. The maximum absolute atomic E-state index is 12.8. The first kappa shape index (κ1) is 21.3. The summed E-state index contributed by atoms with van der Waals surface area (Å²) in [5.41, 5.74) is 2.36. The van der Waals surface area contributed by atoms with Crippen molar-refractivity contribution in [1.82, 2.24) is 30.7 Å². The van der Waals surface area contributed by atoms with Gasteiger partial charge in [-0.2, -0.15) is 4.98 Å². The minimum atomic E-state index is -0.337. The highest BCUT2D eigenvalue weighted by molar-refractivity contribution is 5.98. The summed E-state index contributed by atoms with van der Waals surface area (Å²) in [6, 6.07) is 2.12. The van der Waals surface area contributed by atoms with Crippen molar-refractivity contribution in [3.05, 3.63) is 24.4 Å². The highest BCUT2D eigenvalue weighted by atomic mass is 16.5. The van der Waals surface area contributed by atoms with Crippen molar-refractivity contribution in [2.45, 2.75) is 62.6 Å². The van der Waals surface area contributed by atoms with E-state index in [2.05, 4.69) is 36.1 Å². The number of H-pyrrole nitrogens is 1. The summed E-state index contributed by atoms with van der Waals surface area (Å²) in [5, 5.41) is 26.1. The lowest BCUT2D eigenvalue weighted by atomic mass is 9.51. The highest BCUT2D eigenvalue weighted by Gasteiger charge is 2.55. The third-order valence-corrected chi connectivity index (χ3v) is 8.74. The summed E-state index contributed by atoms with van der Waals surface area (Å²) in [5.74, 6) is 1.36. The van der Waals surface area contributed by atoms with Crippen molar-refractivity contribution < 1.29 is 14.4 Å². The van der Waals surface area contributed by atoms with Crippen LogP contribution in [0.2, 0.25) is 0 Å². The van der Waals surface area contributed by atoms with Crippen LogP contribution in [-0.4, -0.2) is 61.9 Å². The number of pyridine rings is 1. The van der Waals surface area contributed by atoms with E-state index in [1.165, 1.54) is 0 Å². The third-order valence-electron chi connectivity index (χ3n) is 8.74. The number of anilines is 1. The van der Waals surface area contributed by atoms with Gasteiger partial charge in [-0.1, -0.05) is 5.16 Å². The van der Waals surface area contributed by atoms with Gasteiger partial charge in [-0.25, -0.2) is 4.98 Å². The molecule has 8 rings (SSSR count). The Bertz CT molecular complexity index is 1250. The smallest absolute Gasteiger partial charge is 0.316 e. The summed E-state index contributed by atoms with van der Waals surface area (Å²) in [7, 11) is 0. The van der Waals surface area contributed by atoms with Crippen LogP contribution in [0, 0.1) is 17.8 Å². The highest BCUT2D eigenvalue weighted by Crippen LogP contribution is 2.57. The molecule has 4 aliphatic carbocycles. The van der Waals surface area contributed by atoms with Gasteiger partial charge in [0, 0.05) is 29.4 Å². The van der Waals surface area contributed by atoms with E-state index in [1.54, 1.807) is 6.20 Å². The second kappa shape index (κ2) is 8.03. The molecule has 10 heteroatoms. The molecule has 5 atom stereocenters. The van der Waals surface area contributed by atoms with E-state index in [-0.39, 0.29) is 29.5 Å². The fourth-order valence-electron chi connectivity index (χ4n) is 7.37. The molecule has 0 radical (unpaired) electrons. The van der Waals surface area contributed by atoms with Crippen LogP contribution in [-0.2, 0) is 0 Å². The zero-order chi connectivity index (χ0) is 23.6. The summed E-state index contributed by atoms with van der Waals surface area (Å²) in [6.45, 7) is 1.78. The van der Waals surface area contributed by atoms with Gasteiger partial charge in [0.05, 0.1) is 17.4 Å². The number of fused-ring (bicyclic) bond motifs is 1. The molecule has 1 aliphatic heterocycles. The summed E-state index contributed by atoms with van der Waals surface area (Å²) in [4.78, 5) is 25.0. The van der Waals surface area contributed by atoms with Crippen LogP contribution in [0.25, 0.3) is 22.4 Å². The average molecular weight is 478 g/mol. The van der Waals surface area contributed by atoms with E-state index in [1.807, 2.05) is 12.3 Å². The van der Waals surface area contributed by atoms with Crippen LogP contribution in [0.5, 0.6) is 0 Å². The Morgan fingerprint density at radius 3 is 2.77 bits per heavy atom. The molecule has 0 aromatic carbocycles. The predicted molar refractivity (Wildman–Crippen MR) is 129 cm³/mol. The Kier molecular flexibility index (Phi) is 4.89. The minimum Gasteiger partial charge on any atom is -0.393 e. The molecule has 0 spiro atoms. The lowest BCUT2D eigenvalue weighted by Crippen LogP contribution is -2.60. The molecule has 4 heterocycles. The molecular formula is C25H31N7O3. The molecule has 3 aromatic heterocycles. The molecule has 3 aromatic rings. The Hall–Kier alpha value is -2.98. The lowest BCUT2D eigenvalue weighted by molar-refractivity contribution is -0.0960. The average Bonchev–Trinajstić information content (AvgIpc) is 3.53. The van der Waals surface area contributed by atoms with Crippen LogP contribution in [0.3, 0.4) is 0 Å². The van der Waals surface area contributed by atoms with Crippen LogP contribution in [0.15, 0.2) is 23.0 Å².